The van der Waals surface area contributed by atoms with E-state index in [0.717, 1.165) is 53.3 Å². The predicted octanol–water partition coefficient (Wildman–Crippen LogP) is 3.21. The standard InChI is InChI=1S/C15H22N4S/c1-10-6-11(2)8-19(7-10)9-13-17-14(16-3)12-4-5-20-15(12)18-13/h4-5,10-11H,6-9H2,1-3H3,(H,16,17,18). The van der Waals surface area contributed by atoms with Gasteiger partial charge in [-0.15, -0.1) is 11.3 Å². The summed E-state index contributed by atoms with van der Waals surface area (Å²) < 4.78 is 0. The van der Waals surface area contributed by atoms with Gasteiger partial charge < -0.3 is 5.32 Å². The fourth-order valence-corrected chi connectivity index (χ4v) is 4.06. The molecule has 1 aliphatic rings. The molecule has 2 unspecified atom stereocenters. The lowest BCUT2D eigenvalue weighted by Crippen LogP contribution is -2.38. The predicted molar refractivity (Wildman–Crippen MR) is 85.2 cm³/mol. The van der Waals surface area contributed by atoms with Crippen LogP contribution < -0.4 is 5.32 Å². The van der Waals surface area contributed by atoms with Crippen LogP contribution in [-0.2, 0) is 6.54 Å². The fraction of sp³-hybridized carbons (Fsp3) is 0.600. The maximum Gasteiger partial charge on any atom is 0.146 e. The lowest BCUT2D eigenvalue weighted by molar-refractivity contribution is 0.131. The van der Waals surface area contributed by atoms with Crippen LogP contribution in [-0.4, -0.2) is 35.0 Å². The average molecular weight is 290 g/mol. The van der Waals surface area contributed by atoms with Gasteiger partial charge >= 0.3 is 0 Å². The zero-order chi connectivity index (χ0) is 14.1. The molecule has 20 heavy (non-hydrogen) atoms. The van der Waals surface area contributed by atoms with Gasteiger partial charge in [0.05, 0.1) is 11.9 Å². The normalized spacial score (nSPS) is 24.1. The van der Waals surface area contributed by atoms with E-state index in [1.165, 1.54) is 6.42 Å². The highest BCUT2D eigenvalue weighted by Crippen LogP contribution is 2.26. The van der Waals surface area contributed by atoms with Crippen molar-refractivity contribution in [2.45, 2.75) is 26.8 Å². The summed E-state index contributed by atoms with van der Waals surface area (Å²) in [5.74, 6) is 3.43. The monoisotopic (exact) mass is 290 g/mol. The summed E-state index contributed by atoms with van der Waals surface area (Å²) in [4.78, 5) is 13.0. The minimum Gasteiger partial charge on any atom is -0.372 e. The van der Waals surface area contributed by atoms with Crippen molar-refractivity contribution in [1.29, 1.82) is 0 Å². The second-order valence-electron chi connectivity index (χ2n) is 6.02. The van der Waals surface area contributed by atoms with Crippen LogP contribution in [0.1, 0.15) is 26.1 Å². The zero-order valence-corrected chi connectivity index (χ0v) is 13.2. The molecule has 0 bridgehead atoms. The second-order valence-corrected chi connectivity index (χ2v) is 6.91. The summed E-state index contributed by atoms with van der Waals surface area (Å²) in [7, 11) is 1.92. The van der Waals surface area contributed by atoms with Crippen molar-refractivity contribution in [3.8, 4) is 0 Å². The van der Waals surface area contributed by atoms with Crippen LogP contribution >= 0.6 is 11.3 Å². The van der Waals surface area contributed by atoms with Crippen molar-refractivity contribution in [3.05, 3.63) is 17.3 Å². The van der Waals surface area contributed by atoms with Crippen molar-refractivity contribution in [2.24, 2.45) is 11.8 Å². The smallest absolute Gasteiger partial charge is 0.146 e. The molecule has 5 heteroatoms. The van der Waals surface area contributed by atoms with Crippen LogP contribution in [0.4, 0.5) is 5.82 Å². The Bertz CT molecular complexity index is 585. The summed E-state index contributed by atoms with van der Waals surface area (Å²) in [5.41, 5.74) is 0. The topological polar surface area (TPSA) is 41.1 Å². The highest BCUT2D eigenvalue weighted by Gasteiger charge is 2.22. The first-order valence-electron chi connectivity index (χ1n) is 7.30. The minimum atomic E-state index is 0.771. The van der Waals surface area contributed by atoms with E-state index in [1.54, 1.807) is 11.3 Å². The van der Waals surface area contributed by atoms with Gasteiger partial charge in [-0.05, 0) is 29.7 Å². The number of nitrogens with zero attached hydrogens (tertiary/aromatic N) is 3. The van der Waals surface area contributed by atoms with E-state index in [9.17, 15) is 0 Å². The maximum absolute atomic E-state index is 4.71. The molecule has 2 aromatic rings. The first-order chi connectivity index (χ1) is 9.65. The van der Waals surface area contributed by atoms with Gasteiger partial charge in [-0.25, -0.2) is 9.97 Å². The Morgan fingerprint density at radius 1 is 1.30 bits per heavy atom. The third-order valence-electron chi connectivity index (χ3n) is 3.92. The van der Waals surface area contributed by atoms with Gasteiger partial charge in [0.15, 0.2) is 0 Å². The number of aromatic nitrogens is 2. The highest BCUT2D eigenvalue weighted by molar-refractivity contribution is 7.16. The average Bonchev–Trinajstić information content (AvgIpc) is 2.84. The molecule has 0 radical (unpaired) electrons. The largest absolute Gasteiger partial charge is 0.372 e. The van der Waals surface area contributed by atoms with Crippen LogP contribution in [0.15, 0.2) is 11.4 Å². The SMILES string of the molecule is CNc1nc(CN2CC(C)CC(C)C2)nc2sccc12. The van der Waals surface area contributed by atoms with E-state index in [-0.39, 0.29) is 0 Å². The summed E-state index contributed by atoms with van der Waals surface area (Å²) >= 11 is 1.68. The number of anilines is 1. The third kappa shape index (κ3) is 2.79. The number of fused-ring (bicyclic) bond motifs is 1. The van der Waals surface area contributed by atoms with Gasteiger partial charge in [0.1, 0.15) is 16.5 Å². The first-order valence-corrected chi connectivity index (χ1v) is 8.18. The molecule has 2 aromatic heterocycles. The molecule has 1 aliphatic heterocycles. The molecule has 0 amide bonds. The number of nitrogens with one attached hydrogen (secondary N) is 1. The van der Waals surface area contributed by atoms with Crippen LogP contribution in [0.2, 0.25) is 0 Å². The van der Waals surface area contributed by atoms with Gasteiger partial charge in [0, 0.05) is 20.1 Å². The Labute approximate surface area is 124 Å². The molecule has 0 saturated carbocycles. The van der Waals surface area contributed by atoms with E-state index in [2.05, 4.69) is 40.5 Å². The molecular formula is C15H22N4S. The van der Waals surface area contributed by atoms with Gasteiger partial charge in [0.2, 0.25) is 0 Å². The summed E-state index contributed by atoms with van der Waals surface area (Å²) in [6, 6.07) is 2.08. The molecule has 1 fully saturated rings. The third-order valence-corrected chi connectivity index (χ3v) is 4.72. The number of rotatable bonds is 3. The maximum atomic E-state index is 4.71. The molecule has 3 rings (SSSR count). The van der Waals surface area contributed by atoms with E-state index < -0.39 is 0 Å². The summed E-state index contributed by atoms with van der Waals surface area (Å²) in [6.07, 6.45) is 1.34. The van der Waals surface area contributed by atoms with Crippen LogP contribution in [0.25, 0.3) is 10.2 Å². The Morgan fingerprint density at radius 3 is 2.75 bits per heavy atom. The first kappa shape index (κ1) is 13.8. The van der Waals surface area contributed by atoms with Gasteiger partial charge in [0.25, 0.3) is 0 Å². The quantitative estimate of drug-likeness (QED) is 0.942. The Morgan fingerprint density at radius 2 is 2.05 bits per heavy atom. The summed E-state index contributed by atoms with van der Waals surface area (Å²) in [6.45, 7) is 7.85. The molecule has 2 atom stereocenters. The minimum absolute atomic E-state index is 0.771. The van der Waals surface area contributed by atoms with Crippen molar-refractivity contribution in [3.63, 3.8) is 0 Å². The van der Waals surface area contributed by atoms with E-state index in [4.69, 9.17) is 4.98 Å². The van der Waals surface area contributed by atoms with Gasteiger partial charge in [-0.3, -0.25) is 4.90 Å². The van der Waals surface area contributed by atoms with Gasteiger partial charge in [-0.2, -0.15) is 0 Å². The molecule has 108 valence electrons. The molecular weight excluding hydrogens is 268 g/mol. The van der Waals surface area contributed by atoms with E-state index in [0.29, 0.717) is 0 Å². The number of likely N-dealkylation sites (tertiary alicyclic amines) is 1. The van der Waals surface area contributed by atoms with Crippen LogP contribution in [0.3, 0.4) is 0 Å². The zero-order valence-electron chi connectivity index (χ0n) is 12.4. The number of piperidine rings is 1. The van der Waals surface area contributed by atoms with Crippen LogP contribution in [0.5, 0.6) is 0 Å². The molecule has 3 heterocycles. The highest BCUT2D eigenvalue weighted by atomic mass is 32.1. The Kier molecular flexibility index (Phi) is 3.89. The lowest BCUT2D eigenvalue weighted by atomic mass is 9.92. The second kappa shape index (κ2) is 5.66. The van der Waals surface area contributed by atoms with Crippen molar-refractivity contribution >= 4 is 27.4 Å². The Balaban J connectivity index is 1.83. The molecule has 1 N–H and O–H groups in total. The number of hydrogen-bond acceptors (Lipinski definition) is 5. The van der Waals surface area contributed by atoms with Crippen molar-refractivity contribution in [2.75, 3.05) is 25.5 Å². The molecule has 0 aliphatic carbocycles. The fourth-order valence-electron chi connectivity index (χ4n) is 3.28. The van der Waals surface area contributed by atoms with Crippen molar-refractivity contribution < 1.29 is 0 Å². The molecule has 0 spiro atoms. The van der Waals surface area contributed by atoms with E-state index in [1.807, 2.05) is 7.05 Å². The lowest BCUT2D eigenvalue weighted by Gasteiger charge is -2.34. The summed E-state index contributed by atoms with van der Waals surface area (Å²) in [5, 5.41) is 6.39. The van der Waals surface area contributed by atoms with Crippen LogP contribution in [0, 0.1) is 11.8 Å². The molecule has 1 saturated heterocycles. The van der Waals surface area contributed by atoms with Gasteiger partial charge in [-0.1, -0.05) is 13.8 Å². The van der Waals surface area contributed by atoms with E-state index >= 15 is 0 Å². The number of hydrogen-bond donors (Lipinski definition) is 1. The van der Waals surface area contributed by atoms with Crippen molar-refractivity contribution in [1.82, 2.24) is 14.9 Å². The number of thiophene rings is 1. The molecule has 0 aromatic carbocycles. The Hall–Kier alpha value is -1.20. The molecule has 4 nitrogen and oxygen atoms in total.